The Kier molecular flexibility index (Phi) is 3.75. The van der Waals surface area contributed by atoms with Crippen LogP contribution in [0.5, 0.6) is 0 Å². The van der Waals surface area contributed by atoms with E-state index in [0.29, 0.717) is 25.4 Å². The molecule has 3 heterocycles. The van der Waals surface area contributed by atoms with Crippen LogP contribution in [-0.4, -0.2) is 55.9 Å². The van der Waals surface area contributed by atoms with Crippen LogP contribution in [0, 0.1) is 0 Å². The second kappa shape index (κ2) is 5.42. The summed E-state index contributed by atoms with van der Waals surface area (Å²) in [6, 6.07) is 0.496. The van der Waals surface area contributed by atoms with E-state index in [1.807, 2.05) is 4.57 Å². The van der Waals surface area contributed by atoms with Crippen LogP contribution in [0.4, 0.5) is 0 Å². The lowest BCUT2D eigenvalue weighted by atomic mass is 10.0. The number of carboxylic acid groups (broad SMARTS) is 1. The fourth-order valence-corrected chi connectivity index (χ4v) is 3.52. The average Bonchev–Trinajstić information content (AvgIpc) is 3.01. The summed E-state index contributed by atoms with van der Waals surface area (Å²) in [5, 5.41) is 19.3. The molecule has 0 aromatic carbocycles. The molecule has 0 bridgehead atoms. The molecule has 1 aromatic rings. The molecule has 6 nitrogen and oxygen atoms in total. The van der Waals surface area contributed by atoms with Crippen molar-refractivity contribution < 1.29 is 15.0 Å². The van der Waals surface area contributed by atoms with Crippen LogP contribution in [0.2, 0.25) is 0 Å². The van der Waals surface area contributed by atoms with E-state index in [1.54, 1.807) is 0 Å². The van der Waals surface area contributed by atoms with Gasteiger partial charge in [0.25, 0.3) is 0 Å². The predicted octanol–water partition coefficient (Wildman–Crippen LogP) is 1.09. The van der Waals surface area contributed by atoms with Gasteiger partial charge in [-0.2, -0.15) is 0 Å². The lowest BCUT2D eigenvalue weighted by Crippen LogP contribution is -2.29. The minimum Gasteiger partial charge on any atom is -0.476 e. The van der Waals surface area contributed by atoms with E-state index in [2.05, 4.69) is 23.7 Å². The Morgan fingerprint density at radius 1 is 1.33 bits per heavy atom. The van der Waals surface area contributed by atoms with Gasteiger partial charge < -0.3 is 19.7 Å². The summed E-state index contributed by atoms with van der Waals surface area (Å²) in [6.45, 7) is 6.77. The molecule has 2 aliphatic heterocycles. The molecule has 2 atom stereocenters. The fourth-order valence-electron chi connectivity index (χ4n) is 3.52. The molecule has 0 spiro atoms. The lowest BCUT2D eigenvalue weighted by molar-refractivity contribution is 0.0686. The third kappa shape index (κ3) is 2.58. The molecular formula is C15H23N3O3. The van der Waals surface area contributed by atoms with Gasteiger partial charge in [0.15, 0.2) is 5.69 Å². The highest BCUT2D eigenvalue weighted by Crippen LogP contribution is 2.31. The van der Waals surface area contributed by atoms with E-state index in [-0.39, 0.29) is 11.6 Å². The zero-order valence-electron chi connectivity index (χ0n) is 12.6. The van der Waals surface area contributed by atoms with Crippen LogP contribution >= 0.6 is 0 Å². The maximum absolute atomic E-state index is 11.4. The second-order valence-corrected chi connectivity index (χ2v) is 6.45. The number of aromatic carboxylic acids is 1. The zero-order valence-corrected chi connectivity index (χ0v) is 12.6. The first-order valence-electron chi connectivity index (χ1n) is 7.72. The Labute approximate surface area is 124 Å². The number of aliphatic hydroxyl groups excluding tert-OH is 1. The minimum atomic E-state index is -0.958. The number of aliphatic hydroxyl groups is 1. The quantitative estimate of drug-likeness (QED) is 0.872. The van der Waals surface area contributed by atoms with Crippen molar-refractivity contribution in [2.24, 2.45) is 0 Å². The van der Waals surface area contributed by atoms with Gasteiger partial charge in [0.2, 0.25) is 0 Å². The molecule has 6 heteroatoms. The molecule has 1 fully saturated rings. The number of aromatic nitrogens is 2. The molecule has 1 saturated heterocycles. The first kappa shape index (κ1) is 14.5. The number of carboxylic acids is 1. The van der Waals surface area contributed by atoms with E-state index < -0.39 is 12.1 Å². The minimum absolute atomic E-state index is 0.180. The van der Waals surface area contributed by atoms with Crippen molar-refractivity contribution in [3.8, 4) is 0 Å². The fraction of sp³-hybridized carbons (Fsp3) is 0.733. The van der Waals surface area contributed by atoms with Gasteiger partial charge >= 0.3 is 5.97 Å². The molecule has 3 rings (SSSR count). The molecule has 2 aliphatic rings. The van der Waals surface area contributed by atoms with Crippen LogP contribution in [0.15, 0.2) is 0 Å². The summed E-state index contributed by atoms with van der Waals surface area (Å²) in [6.07, 6.45) is 1.82. The Morgan fingerprint density at radius 3 is 2.71 bits per heavy atom. The number of carbonyl (C=O) groups is 1. The first-order chi connectivity index (χ1) is 9.97. The summed E-state index contributed by atoms with van der Waals surface area (Å²) in [5.41, 5.74) is 0.964. The van der Waals surface area contributed by atoms with Crippen molar-refractivity contribution in [2.45, 2.75) is 57.7 Å². The third-order valence-corrected chi connectivity index (χ3v) is 4.73. The van der Waals surface area contributed by atoms with Crippen LogP contribution in [0.3, 0.4) is 0 Å². The number of hydrogen-bond donors (Lipinski definition) is 2. The van der Waals surface area contributed by atoms with Crippen molar-refractivity contribution in [3.05, 3.63) is 17.2 Å². The number of imidazole rings is 1. The van der Waals surface area contributed by atoms with E-state index in [0.717, 1.165) is 31.0 Å². The largest absolute Gasteiger partial charge is 0.476 e. The zero-order chi connectivity index (χ0) is 15.1. The Bertz CT molecular complexity index is 553. The van der Waals surface area contributed by atoms with Gasteiger partial charge in [-0.15, -0.1) is 0 Å². The van der Waals surface area contributed by atoms with Crippen LogP contribution in [-0.2, 0) is 13.0 Å². The molecule has 0 saturated carbocycles. The highest BCUT2D eigenvalue weighted by molar-refractivity contribution is 5.87. The standard InChI is InChI=1S/C15H23N3O3/c1-9(2)17-6-5-10(7-17)14-16-13(15(20)21)12-4-3-11(19)8-18(12)14/h9-11,19H,3-8H2,1-2H3,(H,20,21). The number of nitrogens with zero attached hydrogens (tertiary/aromatic N) is 3. The molecule has 2 N–H and O–H groups in total. The van der Waals surface area contributed by atoms with Gasteiger partial charge in [0.05, 0.1) is 18.3 Å². The summed E-state index contributed by atoms with van der Waals surface area (Å²) < 4.78 is 1.96. The summed E-state index contributed by atoms with van der Waals surface area (Å²) in [4.78, 5) is 18.2. The molecular weight excluding hydrogens is 270 g/mol. The Balaban J connectivity index is 1.94. The van der Waals surface area contributed by atoms with Gasteiger partial charge in [-0.25, -0.2) is 9.78 Å². The van der Waals surface area contributed by atoms with Gasteiger partial charge in [-0.1, -0.05) is 0 Å². The summed E-state index contributed by atoms with van der Waals surface area (Å²) in [7, 11) is 0. The molecule has 0 radical (unpaired) electrons. The summed E-state index contributed by atoms with van der Waals surface area (Å²) >= 11 is 0. The van der Waals surface area contributed by atoms with Crippen LogP contribution in [0.1, 0.15) is 54.6 Å². The number of hydrogen-bond acceptors (Lipinski definition) is 4. The molecule has 2 unspecified atom stereocenters. The van der Waals surface area contributed by atoms with E-state index in [1.165, 1.54) is 0 Å². The van der Waals surface area contributed by atoms with Crippen LogP contribution in [0.25, 0.3) is 0 Å². The highest BCUT2D eigenvalue weighted by atomic mass is 16.4. The Morgan fingerprint density at radius 2 is 2.10 bits per heavy atom. The van der Waals surface area contributed by atoms with Crippen molar-refractivity contribution in [3.63, 3.8) is 0 Å². The molecule has 116 valence electrons. The molecule has 21 heavy (non-hydrogen) atoms. The SMILES string of the molecule is CC(C)N1CCC(c2nc(C(=O)O)c3n2CC(O)CC3)C1. The Hall–Kier alpha value is -1.40. The first-order valence-corrected chi connectivity index (χ1v) is 7.72. The molecule has 1 aromatic heterocycles. The monoisotopic (exact) mass is 293 g/mol. The predicted molar refractivity (Wildman–Crippen MR) is 77.6 cm³/mol. The van der Waals surface area contributed by atoms with E-state index >= 15 is 0 Å². The smallest absolute Gasteiger partial charge is 0.356 e. The van der Waals surface area contributed by atoms with Gasteiger partial charge in [-0.3, -0.25) is 0 Å². The highest BCUT2D eigenvalue weighted by Gasteiger charge is 2.34. The van der Waals surface area contributed by atoms with E-state index in [9.17, 15) is 15.0 Å². The maximum Gasteiger partial charge on any atom is 0.356 e. The molecule has 0 aliphatic carbocycles. The molecule has 0 amide bonds. The van der Waals surface area contributed by atoms with E-state index in [4.69, 9.17) is 0 Å². The number of rotatable bonds is 3. The normalized spacial score (nSPS) is 26.3. The van der Waals surface area contributed by atoms with Gasteiger partial charge in [0, 0.05) is 18.5 Å². The van der Waals surface area contributed by atoms with Crippen molar-refractivity contribution in [1.82, 2.24) is 14.5 Å². The van der Waals surface area contributed by atoms with Gasteiger partial charge in [0.1, 0.15) is 5.82 Å². The lowest BCUT2D eigenvalue weighted by Gasteiger charge is -2.24. The third-order valence-electron chi connectivity index (χ3n) is 4.73. The average molecular weight is 293 g/mol. The van der Waals surface area contributed by atoms with Gasteiger partial charge in [-0.05, 0) is 39.7 Å². The summed E-state index contributed by atoms with van der Waals surface area (Å²) in [5.74, 6) is 0.161. The van der Waals surface area contributed by atoms with Crippen molar-refractivity contribution in [2.75, 3.05) is 13.1 Å². The number of fused-ring (bicyclic) bond motifs is 1. The second-order valence-electron chi connectivity index (χ2n) is 6.45. The number of likely N-dealkylation sites (tertiary alicyclic amines) is 1. The maximum atomic E-state index is 11.4. The van der Waals surface area contributed by atoms with Crippen molar-refractivity contribution >= 4 is 5.97 Å². The topological polar surface area (TPSA) is 78.6 Å². The van der Waals surface area contributed by atoms with Crippen molar-refractivity contribution in [1.29, 1.82) is 0 Å². The van der Waals surface area contributed by atoms with Crippen LogP contribution < -0.4 is 0 Å².